The molecule has 1 aromatic carbocycles. The third-order valence-electron chi connectivity index (χ3n) is 3.71. The molecule has 0 bridgehead atoms. The standard InChI is InChI=1S/C13H12F3N5O/c14-9-5-4-7(10(15)11(9)16)8-3-1-2-6-21-12(8)17-13(19-21)18-20-22/h4-5,8H,1-3,6H2,(H,18,19,22)/t8-/m0/s1. The zero-order chi connectivity index (χ0) is 15.7. The zero-order valence-corrected chi connectivity index (χ0v) is 11.4. The highest BCUT2D eigenvalue weighted by Crippen LogP contribution is 2.34. The van der Waals surface area contributed by atoms with Gasteiger partial charge in [-0.25, -0.2) is 23.3 Å². The first-order valence-electron chi connectivity index (χ1n) is 6.78. The lowest BCUT2D eigenvalue weighted by Gasteiger charge is -2.15. The summed E-state index contributed by atoms with van der Waals surface area (Å²) in [6.07, 6.45) is 2.07. The van der Waals surface area contributed by atoms with Crippen LogP contribution >= 0.6 is 0 Å². The fourth-order valence-electron chi connectivity index (χ4n) is 2.71. The van der Waals surface area contributed by atoms with Gasteiger partial charge in [-0.1, -0.05) is 12.5 Å². The van der Waals surface area contributed by atoms with E-state index in [1.165, 1.54) is 10.7 Å². The molecule has 0 aliphatic carbocycles. The third-order valence-corrected chi connectivity index (χ3v) is 3.71. The summed E-state index contributed by atoms with van der Waals surface area (Å²) < 4.78 is 42.2. The number of aryl methyl sites for hydroxylation is 1. The van der Waals surface area contributed by atoms with Gasteiger partial charge < -0.3 is 0 Å². The van der Waals surface area contributed by atoms with Gasteiger partial charge in [0.15, 0.2) is 17.5 Å². The summed E-state index contributed by atoms with van der Waals surface area (Å²) in [6, 6.07) is 2.11. The van der Waals surface area contributed by atoms with E-state index in [4.69, 9.17) is 0 Å². The van der Waals surface area contributed by atoms with Crippen molar-refractivity contribution in [2.24, 2.45) is 5.29 Å². The van der Waals surface area contributed by atoms with Gasteiger partial charge in [-0.2, -0.15) is 4.98 Å². The average Bonchev–Trinajstić information content (AvgIpc) is 2.80. The molecule has 1 N–H and O–H groups in total. The molecule has 0 saturated carbocycles. The van der Waals surface area contributed by atoms with Gasteiger partial charge in [-0.05, 0) is 18.9 Å². The van der Waals surface area contributed by atoms with Crippen LogP contribution in [0.25, 0.3) is 0 Å². The van der Waals surface area contributed by atoms with Gasteiger partial charge in [0.1, 0.15) is 5.82 Å². The molecule has 0 radical (unpaired) electrons. The predicted molar refractivity (Wildman–Crippen MR) is 71.4 cm³/mol. The first-order chi connectivity index (χ1) is 10.6. The van der Waals surface area contributed by atoms with Crippen LogP contribution in [0.5, 0.6) is 0 Å². The third kappa shape index (κ3) is 2.42. The Kier molecular flexibility index (Phi) is 3.78. The topological polar surface area (TPSA) is 72.2 Å². The molecule has 1 aliphatic rings. The van der Waals surface area contributed by atoms with Crippen LogP contribution in [0.15, 0.2) is 17.4 Å². The Labute approximate surface area is 123 Å². The van der Waals surface area contributed by atoms with E-state index < -0.39 is 23.4 Å². The summed E-state index contributed by atoms with van der Waals surface area (Å²) in [4.78, 5) is 14.4. The number of hydrogen-bond donors (Lipinski definition) is 1. The van der Waals surface area contributed by atoms with Gasteiger partial charge in [-0.3, -0.25) is 0 Å². The van der Waals surface area contributed by atoms with E-state index in [9.17, 15) is 18.1 Å². The Hall–Kier alpha value is -2.45. The number of fused-ring (bicyclic) bond motifs is 1. The Morgan fingerprint density at radius 3 is 2.82 bits per heavy atom. The lowest BCUT2D eigenvalue weighted by molar-refractivity contribution is 0.435. The molecular formula is C13H12F3N5O. The normalized spacial score (nSPS) is 17.7. The van der Waals surface area contributed by atoms with Gasteiger partial charge in [0, 0.05) is 18.0 Å². The summed E-state index contributed by atoms with van der Waals surface area (Å²) in [5.74, 6) is -4.12. The maximum Gasteiger partial charge on any atom is 0.265 e. The van der Waals surface area contributed by atoms with Crippen molar-refractivity contribution in [1.29, 1.82) is 0 Å². The second-order valence-electron chi connectivity index (χ2n) is 5.03. The highest BCUT2D eigenvalue weighted by atomic mass is 19.2. The Morgan fingerprint density at radius 2 is 2.05 bits per heavy atom. The van der Waals surface area contributed by atoms with Crippen molar-refractivity contribution in [2.75, 3.05) is 5.43 Å². The zero-order valence-electron chi connectivity index (χ0n) is 11.4. The van der Waals surface area contributed by atoms with Gasteiger partial charge in [0.2, 0.25) is 0 Å². The molecule has 0 spiro atoms. The van der Waals surface area contributed by atoms with E-state index in [-0.39, 0.29) is 11.5 Å². The highest BCUT2D eigenvalue weighted by Gasteiger charge is 2.28. The van der Waals surface area contributed by atoms with Crippen molar-refractivity contribution in [3.05, 3.63) is 45.9 Å². The van der Waals surface area contributed by atoms with Crippen LogP contribution in [0, 0.1) is 22.4 Å². The molecule has 6 nitrogen and oxygen atoms in total. The molecule has 0 fully saturated rings. The second-order valence-corrected chi connectivity index (χ2v) is 5.03. The summed E-state index contributed by atoms with van der Waals surface area (Å²) >= 11 is 0. The smallest absolute Gasteiger partial charge is 0.247 e. The minimum absolute atomic E-state index is 0.000100. The fourth-order valence-corrected chi connectivity index (χ4v) is 2.71. The maximum absolute atomic E-state index is 14.1. The van der Waals surface area contributed by atoms with Gasteiger partial charge in [0.05, 0.1) is 5.29 Å². The Morgan fingerprint density at radius 1 is 1.23 bits per heavy atom. The Balaban J connectivity index is 2.08. The molecule has 116 valence electrons. The SMILES string of the molecule is O=NNc1nc2n(n1)CCCC[C@H]2c1ccc(F)c(F)c1F. The number of nitrogens with one attached hydrogen (secondary N) is 1. The fraction of sp³-hybridized carbons (Fsp3) is 0.385. The molecule has 2 aromatic rings. The first-order valence-corrected chi connectivity index (χ1v) is 6.78. The number of anilines is 1. The van der Waals surface area contributed by atoms with Crippen LogP contribution in [0.3, 0.4) is 0 Å². The second kappa shape index (κ2) is 5.74. The minimum Gasteiger partial charge on any atom is -0.247 e. The van der Waals surface area contributed by atoms with E-state index >= 15 is 0 Å². The van der Waals surface area contributed by atoms with Crippen LogP contribution < -0.4 is 5.43 Å². The van der Waals surface area contributed by atoms with Crippen molar-refractivity contribution in [3.63, 3.8) is 0 Å². The molecule has 2 heterocycles. The number of benzene rings is 1. The minimum atomic E-state index is -1.50. The number of nitrogens with zero attached hydrogens (tertiary/aromatic N) is 4. The van der Waals surface area contributed by atoms with Gasteiger partial charge >= 0.3 is 0 Å². The van der Waals surface area contributed by atoms with E-state index in [1.807, 2.05) is 0 Å². The quantitative estimate of drug-likeness (QED) is 0.537. The lowest BCUT2D eigenvalue weighted by Crippen LogP contribution is -2.11. The summed E-state index contributed by atoms with van der Waals surface area (Å²) in [7, 11) is 0. The summed E-state index contributed by atoms with van der Waals surface area (Å²) in [6.45, 7) is 0.546. The Bertz CT molecular complexity index is 718. The van der Waals surface area contributed by atoms with Crippen LogP contribution in [-0.2, 0) is 6.54 Å². The molecule has 0 amide bonds. The molecule has 0 saturated heterocycles. The number of aromatic nitrogens is 3. The number of rotatable bonds is 3. The predicted octanol–water partition coefficient (Wildman–Crippen LogP) is 3.10. The first kappa shape index (κ1) is 14.5. The van der Waals surface area contributed by atoms with E-state index in [1.54, 1.807) is 0 Å². The molecule has 1 atom stereocenters. The van der Waals surface area contributed by atoms with E-state index in [0.29, 0.717) is 18.8 Å². The monoisotopic (exact) mass is 311 g/mol. The van der Waals surface area contributed by atoms with Gasteiger partial charge in [-0.15, -0.1) is 10.0 Å². The molecule has 1 aliphatic heterocycles. The van der Waals surface area contributed by atoms with E-state index in [0.717, 1.165) is 18.9 Å². The van der Waals surface area contributed by atoms with Crippen molar-refractivity contribution >= 4 is 5.95 Å². The largest absolute Gasteiger partial charge is 0.265 e. The molecular weight excluding hydrogens is 299 g/mol. The highest BCUT2D eigenvalue weighted by molar-refractivity contribution is 5.32. The van der Waals surface area contributed by atoms with Gasteiger partial charge in [0.25, 0.3) is 5.95 Å². The maximum atomic E-state index is 14.1. The number of hydrogen-bond acceptors (Lipinski definition) is 4. The molecule has 9 heteroatoms. The van der Waals surface area contributed by atoms with Crippen molar-refractivity contribution in [3.8, 4) is 0 Å². The van der Waals surface area contributed by atoms with Crippen LogP contribution in [0.4, 0.5) is 19.1 Å². The lowest BCUT2D eigenvalue weighted by atomic mass is 9.93. The van der Waals surface area contributed by atoms with E-state index in [2.05, 4.69) is 20.8 Å². The summed E-state index contributed by atoms with van der Waals surface area (Å²) in [5.41, 5.74) is 2.12. The molecule has 3 rings (SSSR count). The molecule has 1 aromatic heterocycles. The number of nitroso groups, excluding NO2 is 1. The van der Waals surface area contributed by atoms with Crippen LogP contribution in [0.2, 0.25) is 0 Å². The summed E-state index contributed by atoms with van der Waals surface area (Å²) in [5, 5.41) is 6.55. The van der Waals surface area contributed by atoms with Crippen LogP contribution in [0.1, 0.15) is 36.6 Å². The van der Waals surface area contributed by atoms with Crippen LogP contribution in [-0.4, -0.2) is 14.8 Å². The number of halogens is 3. The van der Waals surface area contributed by atoms with Crippen molar-refractivity contribution < 1.29 is 13.2 Å². The van der Waals surface area contributed by atoms with Crippen molar-refractivity contribution in [2.45, 2.75) is 31.7 Å². The van der Waals surface area contributed by atoms with Crippen molar-refractivity contribution in [1.82, 2.24) is 14.8 Å². The molecule has 0 unspecified atom stereocenters. The molecule has 22 heavy (non-hydrogen) atoms. The average molecular weight is 311 g/mol.